The molecule has 20 heavy (non-hydrogen) atoms. The fourth-order valence-corrected chi connectivity index (χ4v) is 3.32. The highest BCUT2D eigenvalue weighted by Crippen LogP contribution is 2.30. The average molecular weight is 309 g/mol. The molecular formula is C14H19N3OS2. The lowest BCUT2D eigenvalue weighted by Gasteiger charge is -2.27. The van der Waals surface area contributed by atoms with Crippen molar-refractivity contribution in [1.82, 2.24) is 9.71 Å². The third-order valence-electron chi connectivity index (χ3n) is 2.74. The van der Waals surface area contributed by atoms with Crippen molar-refractivity contribution in [2.75, 3.05) is 5.73 Å². The van der Waals surface area contributed by atoms with Crippen LogP contribution in [0.5, 0.6) is 0 Å². The van der Waals surface area contributed by atoms with Gasteiger partial charge in [0.1, 0.15) is 10.8 Å². The molecule has 6 heteroatoms. The van der Waals surface area contributed by atoms with Gasteiger partial charge in [-0.3, -0.25) is 0 Å². The molecule has 2 aromatic rings. The van der Waals surface area contributed by atoms with Gasteiger partial charge in [0.15, 0.2) is 5.13 Å². The van der Waals surface area contributed by atoms with Crippen LogP contribution in [0.2, 0.25) is 0 Å². The Balaban J connectivity index is 2.30. The summed E-state index contributed by atoms with van der Waals surface area (Å²) in [6, 6.07) is 9.75. The first-order valence-electron chi connectivity index (χ1n) is 6.32. The Labute approximate surface area is 126 Å². The molecule has 1 aromatic heterocycles. The molecule has 0 aliphatic carbocycles. The van der Waals surface area contributed by atoms with Gasteiger partial charge in [-0.1, -0.05) is 30.3 Å². The molecule has 0 saturated carbocycles. The van der Waals surface area contributed by atoms with Crippen LogP contribution >= 0.6 is 11.3 Å². The summed E-state index contributed by atoms with van der Waals surface area (Å²) in [6.45, 7) is 5.83. The number of aromatic nitrogens is 1. The van der Waals surface area contributed by atoms with E-state index in [0.717, 1.165) is 10.4 Å². The van der Waals surface area contributed by atoms with Crippen LogP contribution in [0.15, 0.2) is 36.5 Å². The number of nitrogens with one attached hydrogen (secondary N) is 1. The molecule has 108 valence electrons. The summed E-state index contributed by atoms with van der Waals surface area (Å²) < 4.78 is 15.2. The van der Waals surface area contributed by atoms with Gasteiger partial charge in [-0.25, -0.2) is 4.98 Å². The van der Waals surface area contributed by atoms with Crippen LogP contribution < -0.4 is 10.5 Å². The first-order valence-corrected chi connectivity index (χ1v) is 8.29. The lowest BCUT2D eigenvalue weighted by molar-refractivity contribution is 0.536. The third-order valence-corrected chi connectivity index (χ3v) is 5.19. The molecule has 3 N–H and O–H groups in total. The molecule has 0 radical (unpaired) electrons. The lowest BCUT2D eigenvalue weighted by atomic mass is 10.1. The number of rotatable bonds is 4. The number of nitrogen functional groups attached to an aromatic ring is 1. The van der Waals surface area contributed by atoms with E-state index < -0.39 is 11.4 Å². The van der Waals surface area contributed by atoms with Crippen LogP contribution in [-0.2, 0) is 11.4 Å². The summed E-state index contributed by atoms with van der Waals surface area (Å²) in [5.74, 6) is 0. The summed E-state index contributed by atoms with van der Waals surface area (Å²) in [5, 5.41) is 0.518. The van der Waals surface area contributed by atoms with Gasteiger partial charge in [-0.05, 0) is 26.3 Å². The predicted molar refractivity (Wildman–Crippen MR) is 85.8 cm³/mol. The van der Waals surface area contributed by atoms with Crippen LogP contribution in [0, 0.1) is 0 Å². The second kappa shape index (κ2) is 6.13. The van der Waals surface area contributed by atoms with E-state index in [2.05, 4.69) is 9.71 Å². The van der Waals surface area contributed by atoms with Crippen molar-refractivity contribution >= 4 is 27.8 Å². The molecule has 0 amide bonds. The van der Waals surface area contributed by atoms with Crippen LogP contribution in [0.3, 0.4) is 0 Å². The molecule has 2 atom stereocenters. The molecule has 2 rings (SSSR count). The van der Waals surface area contributed by atoms with Crippen LogP contribution in [0.4, 0.5) is 5.13 Å². The zero-order chi connectivity index (χ0) is 14.8. The fraction of sp³-hybridized carbons (Fsp3) is 0.357. The van der Waals surface area contributed by atoms with Crippen molar-refractivity contribution in [3.8, 4) is 0 Å². The van der Waals surface area contributed by atoms with E-state index in [0.29, 0.717) is 5.13 Å². The Morgan fingerprint density at radius 1 is 1.30 bits per heavy atom. The second-order valence-corrected chi connectivity index (χ2v) is 8.54. The van der Waals surface area contributed by atoms with Crippen molar-refractivity contribution in [1.29, 1.82) is 0 Å². The molecule has 0 unspecified atom stereocenters. The molecule has 1 aromatic carbocycles. The summed E-state index contributed by atoms with van der Waals surface area (Å²) in [6.07, 6.45) is 1.74. The molecule has 0 aliphatic heterocycles. The maximum absolute atomic E-state index is 12.4. The first kappa shape index (κ1) is 15.3. The quantitative estimate of drug-likeness (QED) is 0.852. The fourth-order valence-electron chi connectivity index (χ4n) is 1.65. The van der Waals surface area contributed by atoms with E-state index in [1.54, 1.807) is 6.20 Å². The maximum Gasteiger partial charge on any atom is 0.180 e. The van der Waals surface area contributed by atoms with Crippen molar-refractivity contribution in [3.05, 3.63) is 47.0 Å². The van der Waals surface area contributed by atoms with E-state index in [1.165, 1.54) is 11.3 Å². The summed E-state index contributed by atoms with van der Waals surface area (Å²) in [4.78, 5) is 5.05. The van der Waals surface area contributed by atoms with Crippen LogP contribution in [-0.4, -0.2) is 14.3 Å². The smallest absolute Gasteiger partial charge is 0.180 e. The Kier molecular flexibility index (Phi) is 4.70. The Bertz CT molecular complexity index is 551. The molecule has 0 bridgehead atoms. The van der Waals surface area contributed by atoms with Crippen LogP contribution in [0.1, 0.15) is 37.3 Å². The van der Waals surface area contributed by atoms with E-state index in [-0.39, 0.29) is 10.8 Å². The predicted octanol–water partition coefficient (Wildman–Crippen LogP) is 2.87. The molecule has 0 fully saturated rings. The first-order chi connectivity index (χ1) is 9.38. The van der Waals surface area contributed by atoms with Crippen molar-refractivity contribution in [2.45, 2.75) is 31.6 Å². The molecule has 0 spiro atoms. The van der Waals surface area contributed by atoms with Crippen molar-refractivity contribution in [2.24, 2.45) is 0 Å². The largest absolute Gasteiger partial charge is 0.598 e. The Morgan fingerprint density at radius 2 is 1.95 bits per heavy atom. The number of nitrogens with two attached hydrogens (primary N) is 1. The highest BCUT2D eigenvalue weighted by Gasteiger charge is 2.31. The molecule has 0 saturated heterocycles. The highest BCUT2D eigenvalue weighted by molar-refractivity contribution is 7.90. The minimum atomic E-state index is -1.17. The average Bonchev–Trinajstić information content (AvgIpc) is 2.82. The van der Waals surface area contributed by atoms with E-state index in [4.69, 9.17) is 5.73 Å². The van der Waals surface area contributed by atoms with Gasteiger partial charge in [0.25, 0.3) is 0 Å². The Morgan fingerprint density at radius 3 is 2.45 bits per heavy atom. The topological polar surface area (TPSA) is 74.0 Å². The zero-order valence-electron chi connectivity index (χ0n) is 11.8. The summed E-state index contributed by atoms with van der Waals surface area (Å²) in [7, 11) is 0. The van der Waals surface area contributed by atoms with Crippen molar-refractivity contribution < 1.29 is 4.55 Å². The van der Waals surface area contributed by atoms with Gasteiger partial charge >= 0.3 is 0 Å². The highest BCUT2D eigenvalue weighted by atomic mass is 32.2. The Hall–Kier alpha value is -1.08. The zero-order valence-corrected chi connectivity index (χ0v) is 13.4. The monoisotopic (exact) mass is 309 g/mol. The standard InChI is InChI=1S/C14H19N3OS2/c1-14(2,3)20(18)17-12(10-7-5-4-6-8-10)11-9-16-13(15)19-11/h4-9,12,17H,1-3H3,(H2,15,16)/t12-,20+/m1/s1. The molecule has 4 nitrogen and oxygen atoms in total. The minimum Gasteiger partial charge on any atom is -0.598 e. The molecule has 0 aliphatic rings. The van der Waals surface area contributed by atoms with Gasteiger partial charge in [0.2, 0.25) is 0 Å². The van der Waals surface area contributed by atoms with Gasteiger partial charge in [0.05, 0.1) is 4.88 Å². The second-order valence-electron chi connectivity index (χ2n) is 5.44. The third kappa shape index (κ3) is 3.73. The van der Waals surface area contributed by atoms with Gasteiger partial charge in [0, 0.05) is 17.6 Å². The van der Waals surface area contributed by atoms with E-state index in [9.17, 15) is 4.55 Å². The minimum absolute atomic E-state index is 0.161. The number of hydrogen-bond donors (Lipinski definition) is 2. The van der Waals surface area contributed by atoms with Gasteiger partial charge in [-0.2, -0.15) is 0 Å². The number of thiazole rings is 1. The molecular weight excluding hydrogens is 290 g/mol. The number of hydrogen-bond acceptors (Lipinski definition) is 5. The normalized spacial score (nSPS) is 15.0. The number of benzene rings is 1. The van der Waals surface area contributed by atoms with Gasteiger partial charge < -0.3 is 10.3 Å². The van der Waals surface area contributed by atoms with E-state index in [1.807, 2.05) is 51.1 Å². The molecule has 1 heterocycles. The maximum atomic E-state index is 12.4. The lowest BCUT2D eigenvalue weighted by Crippen LogP contribution is -2.41. The number of anilines is 1. The number of nitrogens with zero attached hydrogens (tertiary/aromatic N) is 1. The SMILES string of the molecule is CC(C)(C)[S@+]([O-])N[C@H](c1ccccc1)c1cnc(N)s1. The van der Waals surface area contributed by atoms with Crippen molar-refractivity contribution in [3.63, 3.8) is 0 Å². The van der Waals surface area contributed by atoms with Crippen LogP contribution in [0.25, 0.3) is 0 Å². The van der Waals surface area contributed by atoms with Gasteiger partial charge in [-0.15, -0.1) is 16.1 Å². The van der Waals surface area contributed by atoms with E-state index >= 15 is 0 Å². The summed E-state index contributed by atoms with van der Waals surface area (Å²) in [5.41, 5.74) is 6.76. The summed E-state index contributed by atoms with van der Waals surface area (Å²) >= 11 is 0.242.